The lowest BCUT2D eigenvalue weighted by Crippen LogP contribution is -2.40. The molecule has 0 aliphatic carbocycles. The highest BCUT2D eigenvalue weighted by molar-refractivity contribution is 7.99. The minimum absolute atomic E-state index is 0.0653. The van der Waals surface area contributed by atoms with Crippen molar-refractivity contribution < 1.29 is 22.7 Å². The van der Waals surface area contributed by atoms with Crippen LogP contribution in [-0.2, 0) is 33.0 Å². The van der Waals surface area contributed by atoms with Gasteiger partial charge in [-0.2, -0.15) is 4.31 Å². The number of ketones is 1. The number of rotatable bonds is 10. The van der Waals surface area contributed by atoms with E-state index in [9.17, 15) is 18.0 Å². The Morgan fingerprint density at radius 1 is 1.16 bits per heavy atom. The van der Waals surface area contributed by atoms with Crippen molar-refractivity contribution in [1.29, 1.82) is 0 Å². The zero-order valence-electron chi connectivity index (χ0n) is 18.1. The fraction of sp³-hybridized carbons (Fsp3) is 0.500. The van der Waals surface area contributed by atoms with Gasteiger partial charge in [0.25, 0.3) is 0 Å². The number of nitrogens with one attached hydrogen (secondary N) is 1. The molecule has 1 saturated heterocycles. The first kappa shape index (κ1) is 24.4. The number of morpholine rings is 1. The van der Waals surface area contributed by atoms with E-state index in [1.54, 1.807) is 12.1 Å². The molecular formula is C20H27N5O5S2. The molecule has 0 bridgehead atoms. The molecule has 1 aliphatic rings. The average molecular weight is 482 g/mol. The molecule has 10 nitrogen and oxygen atoms in total. The van der Waals surface area contributed by atoms with Crippen LogP contribution in [0.2, 0.25) is 0 Å². The monoisotopic (exact) mass is 481 g/mol. The van der Waals surface area contributed by atoms with Gasteiger partial charge in [0.2, 0.25) is 15.9 Å². The molecule has 3 rings (SSSR count). The summed E-state index contributed by atoms with van der Waals surface area (Å²) in [5.74, 6) is 0.751. The maximum absolute atomic E-state index is 12.7. The summed E-state index contributed by atoms with van der Waals surface area (Å²) in [6.07, 6.45) is 1.41. The van der Waals surface area contributed by atoms with Crippen molar-refractivity contribution >= 4 is 33.5 Å². The summed E-state index contributed by atoms with van der Waals surface area (Å²) in [7, 11) is -1.75. The van der Waals surface area contributed by atoms with Gasteiger partial charge in [-0.1, -0.05) is 23.9 Å². The average Bonchev–Trinajstić information content (AvgIpc) is 3.15. The Labute approximate surface area is 191 Å². The fourth-order valence-electron chi connectivity index (χ4n) is 3.16. The number of nitrogens with zero attached hydrogens (tertiary/aromatic N) is 4. The first-order chi connectivity index (χ1) is 15.3. The van der Waals surface area contributed by atoms with Gasteiger partial charge in [0, 0.05) is 45.6 Å². The number of aryl methyl sites for hydroxylation is 1. The molecule has 1 amide bonds. The summed E-state index contributed by atoms with van der Waals surface area (Å²) < 4.78 is 33.8. The molecule has 32 heavy (non-hydrogen) atoms. The number of carbonyl (C=O) groups excluding carboxylic acids is 2. The highest BCUT2D eigenvalue weighted by atomic mass is 32.2. The van der Waals surface area contributed by atoms with Crippen molar-refractivity contribution in [2.75, 3.05) is 38.6 Å². The maximum atomic E-state index is 12.7. The largest absolute Gasteiger partial charge is 0.379 e. The van der Waals surface area contributed by atoms with Gasteiger partial charge in [0.15, 0.2) is 10.9 Å². The molecule has 2 heterocycles. The number of Topliss-reactive ketones (excluding diaryl/α,β-unsaturated/α-hetero) is 1. The van der Waals surface area contributed by atoms with Crippen LogP contribution in [0.5, 0.6) is 0 Å². The van der Waals surface area contributed by atoms with Gasteiger partial charge in [-0.3, -0.25) is 9.59 Å². The molecule has 0 radical (unpaired) electrons. The van der Waals surface area contributed by atoms with Gasteiger partial charge >= 0.3 is 0 Å². The number of hydrogen-bond donors (Lipinski definition) is 1. The van der Waals surface area contributed by atoms with E-state index >= 15 is 0 Å². The minimum Gasteiger partial charge on any atom is -0.379 e. The van der Waals surface area contributed by atoms with E-state index in [2.05, 4.69) is 15.5 Å². The smallest absolute Gasteiger partial charge is 0.243 e. The van der Waals surface area contributed by atoms with E-state index in [0.717, 1.165) is 12.2 Å². The molecule has 1 aromatic heterocycles. The standard InChI is InChI=1S/C20H27N5O5S2/c1-15(26)21-9-3-4-19-22-23-20(24(19)2)31-14-18(27)16-5-7-17(8-6-16)32(28,29)25-10-12-30-13-11-25/h5-8H,3-4,9-14H2,1-2H3,(H,21,26). The molecular weight excluding hydrogens is 454 g/mol. The van der Waals surface area contributed by atoms with Crippen LogP contribution in [0.1, 0.15) is 29.5 Å². The lowest BCUT2D eigenvalue weighted by molar-refractivity contribution is -0.118. The molecule has 0 unspecified atom stereocenters. The lowest BCUT2D eigenvalue weighted by Gasteiger charge is -2.26. The van der Waals surface area contributed by atoms with Crippen molar-refractivity contribution in [3.05, 3.63) is 35.7 Å². The summed E-state index contributed by atoms with van der Waals surface area (Å²) in [5, 5.41) is 11.7. The van der Waals surface area contributed by atoms with Gasteiger partial charge in [0.05, 0.1) is 23.9 Å². The fourth-order valence-corrected chi connectivity index (χ4v) is 5.39. The first-order valence-electron chi connectivity index (χ1n) is 10.3. The Morgan fingerprint density at radius 2 is 1.84 bits per heavy atom. The Bertz CT molecular complexity index is 1050. The number of aromatic nitrogens is 3. The molecule has 1 aliphatic heterocycles. The SMILES string of the molecule is CC(=O)NCCCc1nnc(SCC(=O)c2ccc(S(=O)(=O)N3CCOCC3)cc2)n1C. The number of carbonyl (C=O) groups is 2. The molecule has 0 spiro atoms. The molecule has 1 fully saturated rings. The Kier molecular flexibility index (Phi) is 8.40. The van der Waals surface area contributed by atoms with Gasteiger partial charge < -0.3 is 14.6 Å². The van der Waals surface area contributed by atoms with E-state index < -0.39 is 10.0 Å². The topological polar surface area (TPSA) is 123 Å². The van der Waals surface area contributed by atoms with Crippen molar-refractivity contribution in [2.24, 2.45) is 7.05 Å². The van der Waals surface area contributed by atoms with Crippen molar-refractivity contribution in [3.8, 4) is 0 Å². The predicted octanol–water partition coefficient (Wildman–Crippen LogP) is 0.880. The van der Waals surface area contributed by atoms with E-state index in [1.165, 1.54) is 35.1 Å². The zero-order chi connectivity index (χ0) is 23.1. The third kappa shape index (κ3) is 6.15. The first-order valence-corrected chi connectivity index (χ1v) is 12.7. The summed E-state index contributed by atoms with van der Waals surface area (Å²) in [6.45, 7) is 3.46. The van der Waals surface area contributed by atoms with E-state index in [4.69, 9.17) is 4.74 Å². The molecule has 174 valence electrons. The maximum Gasteiger partial charge on any atom is 0.243 e. The third-order valence-electron chi connectivity index (χ3n) is 4.99. The molecule has 1 aromatic carbocycles. The van der Waals surface area contributed by atoms with Crippen LogP contribution >= 0.6 is 11.8 Å². The Hall–Kier alpha value is -2.28. The van der Waals surface area contributed by atoms with Crippen LogP contribution in [-0.4, -0.2) is 77.8 Å². The molecule has 0 saturated carbocycles. The van der Waals surface area contributed by atoms with Crippen LogP contribution in [0, 0.1) is 0 Å². The second-order valence-electron chi connectivity index (χ2n) is 7.30. The summed E-state index contributed by atoms with van der Waals surface area (Å²) in [5.41, 5.74) is 0.441. The molecule has 2 aromatic rings. The number of sulfonamides is 1. The van der Waals surface area contributed by atoms with Crippen molar-refractivity contribution in [2.45, 2.75) is 29.8 Å². The number of ether oxygens (including phenoxy) is 1. The molecule has 0 atom stereocenters. The minimum atomic E-state index is -3.59. The van der Waals surface area contributed by atoms with Gasteiger partial charge in [0.1, 0.15) is 5.82 Å². The van der Waals surface area contributed by atoms with Crippen LogP contribution in [0.15, 0.2) is 34.3 Å². The number of amides is 1. The second kappa shape index (κ2) is 11.0. The number of thioether (sulfide) groups is 1. The molecule has 1 N–H and O–H groups in total. The van der Waals surface area contributed by atoms with Crippen LogP contribution in [0.25, 0.3) is 0 Å². The van der Waals surface area contributed by atoms with Crippen LogP contribution < -0.4 is 5.32 Å². The van der Waals surface area contributed by atoms with E-state index in [0.29, 0.717) is 50.0 Å². The Balaban J connectivity index is 1.55. The number of benzene rings is 1. The zero-order valence-corrected chi connectivity index (χ0v) is 19.7. The van der Waals surface area contributed by atoms with Crippen molar-refractivity contribution in [1.82, 2.24) is 24.4 Å². The van der Waals surface area contributed by atoms with E-state index in [-0.39, 0.29) is 22.3 Å². The van der Waals surface area contributed by atoms with Gasteiger partial charge in [-0.05, 0) is 18.6 Å². The molecule has 12 heteroatoms. The summed E-state index contributed by atoms with van der Waals surface area (Å²) in [4.78, 5) is 23.7. The van der Waals surface area contributed by atoms with E-state index in [1.807, 2.05) is 11.6 Å². The summed E-state index contributed by atoms with van der Waals surface area (Å²) >= 11 is 1.28. The van der Waals surface area contributed by atoms with Crippen LogP contribution in [0.3, 0.4) is 0 Å². The van der Waals surface area contributed by atoms with Crippen LogP contribution in [0.4, 0.5) is 0 Å². The normalized spacial score (nSPS) is 14.9. The van der Waals surface area contributed by atoms with Crippen molar-refractivity contribution in [3.63, 3.8) is 0 Å². The lowest BCUT2D eigenvalue weighted by atomic mass is 10.1. The highest BCUT2D eigenvalue weighted by Gasteiger charge is 2.26. The summed E-state index contributed by atoms with van der Waals surface area (Å²) in [6, 6.07) is 6.02. The van der Waals surface area contributed by atoms with Gasteiger partial charge in [-0.15, -0.1) is 10.2 Å². The number of hydrogen-bond acceptors (Lipinski definition) is 8. The third-order valence-corrected chi connectivity index (χ3v) is 7.93. The predicted molar refractivity (Wildman–Crippen MR) is 119 cm³/mol. The highest BCUT2D eigenvalue weighted by Crippen LogP contribution is 2.21. The second-order valence-corrected chi connectivity index (χ2v) is 10.2. The van der Waals surface area contributed by atoms with Gasteiger partial charge in [-0.25, -0.2) is 8.42 Å². The Morgan fingerprint density at radius 3 is 2.50 bits per heavy atom. The quantitative estimate of drug-likeness (QED) is 0.301.